The number of amides is 1. The molecule has 190 valence electrons. The van der Waals surface area contributed by atoms with Crippen molar-refractivity contribution in [2.45, 2.75) is 43.3 Å². The molecule has 1 atom stereocenters. The van der Waals surface area contributed by atoms with Gasteiger partial charge in [0.1, 0.15) is 16.8 Å². The number of aryl methyl sites for hydroxylation is 2. The summed E-state index contributed by atoms with van der Waals surface area (Å²) in [6.45, 7) is 3.85. The maximum absolute atomic E-state index is 13.4. The molecule has 1 saturated carbocycles. The molecular formula is C25H25F2N3O5S. The van der Waals surface area contributed by atoms with Crippen molar-refractivity contribution in [2.75, 3.05) is 12.4 Å². The van der Waals surface area contributed by atoms with Crippen molar-refractivity contribution in [3.63, 3.8) is 0 Å². The number of hydrogen-bond acceptors (Lipinski definition) is 5. The van der Waals surface area contributed by atoms with Crippen LogP contribution in [0.15, 0.2) is 53.4 Å². The summed E-state index contributed by atoms with van der Waals surface area (Å²) in [6.07, 6.45) is -2.55. The largest absolute Gasteiger partial charge is 0.586 e. The highest BCUT2D eigenvalue weighted by molar-refractivity contribution is 7.83. The Morgan fingerprint density at radius 1 is 1.00 bits per heavy atom. The summed E-state index contributed by atoms with van der Waals surface area (Å²) in [5, 5.41) is 2.89. The van der Waals surface area contributed by atoms with E-state index in [-0.39, 0.29) is 22.9 Å². The van der Waals surface area contributed by atoms with Gasteiger partial charge < -0.3 is 20.3 Å². The summed E-state index contributed by atoms with van der Waals surface area (Å²) in [4.78, 5) is 18.6. The second kappa shape index (κ2) is 9.23. The highest BCUT2D eigenvalue weighted by atomic mass is 32.2. The Morgan fingerprint density at radius 2 is 1.72 bits per heavy atom. The van der Waals surface area contributed by atoms with Crippen molar-refractivity contribution in [1.29, 1.82) is 0 Å². The Labute approximate surface area is 208 Å². The minimum absolute atomic E-state index is 0. The van der Waals surface area contributed by atoms with Gasteiger partial charge in [-0.15, -0.1) is 8.78 Å². The topological polar surface area (TPSA) is 121 Å². The van der Waals surface area contributed by atoms with E-state index in [2.05, 4.69) is 24.5 Å². The summed E-state index contributed by atoms with van der Waals surface area (Å²) in [6, 6.07) is 13.5. The second-order valence-corrected chi connectivity index (χ2v) is 10.1. The zero-order valence-electron chi connectivity index (χ0n) is 19.8. The van der Waals surface area contributed by atoms with Gasteiger partial charge in [0, 0.05) is 5.56 Å². The van der Waals surface area contributed by atoms with Crippen molar-refractivity contribution in [3.05, 3.63) is 65.2 Å². The molecule has 2 aliphatic rings. The quantitative estimate of drug-likeness (QED) is 0.516. The van der Waals surface area contributed by atoms with E-state index in [4.69, 9.17) is 0 Å². The van der Waals surface area contributed by atoms with Gasteiger partial charge in [-0.2, -0.15) is 0 Å². The van der Waals surface area contributed by atoms with Gasteiger partial charge in [-0.05, 0) is 80.8 Å². The van der Waals surface area contributed by atoms with Crippen molar-refractivity contribution in [3.8, 4) is 22.8 Å². The van der Waals surface area contributed by atoms with Crippen molar-refractivity contribution >= 4 is 22.7 Å². The number of nitrogens with zero attached hydrogens (tertiary/aromatic N) is 1. The standard InChI is InChI=1S/C25H23F2N3O4S.H2O/c1-14-4-9-21(29-22(14)18-7-6-17(12-15(18)2)35(32)28-3)30-23(31)24(10-11-24)16-5-8-19-20(13-16)34-25(26,27)33-19;/h4-9,12-13,28H,10-11H2,1-3H3,(H,29,30,31);1H2. The predicted molar refractivity (Wildman–Crippen MR) is 130 cm³/mol. The Kier molecular flexibility index (Phi) is 6.58. The molecule has 0 bridgehead atoms. The number of pyridine rings is 1. The van der Waals surface area contributed by atoms with Gasteiger partial charge in [0.2, 0.25) is 5.91 Å². The molecule has 1 aliphatic carbocycles. The number of benzene rings is 2. The number of hydrogen-bond donors (Lipinski definition) is 2. The number of rotatable bonds is 6. The lowest BCUT2D eigenvalue weighted by atomic mass is 9.94. The van der Waals surface area contributed by atoms with Gasteiger partial charge in [-0.3, -0.25) is 4.79 Å². The molecule has 5 rings (SSSR count). The molecule has 2 aromatic carbocycles. The molecule has 36 heavy (non-hydrogen) atoms. The number of halogens is 2. The number of fused-ring (bicyclic) bond motifs is 1. The number of carbonyl (C=O) groups excluding carboxylic acids is 1. The van der Waals surface area contributed by atoms with E-state index in [1.165, 1.54) is 12.1 Å². The highest BCUT2D eigenvalue weighted by Gasteiger charge is 2.53. The first-order valence-corrected chi connectivity index (χ1v) is 12.2. The molecule has 1 aromatic heterocycles. The summed E-state index contributed by atoms with van der Waals surface area (Å²) >= 11 is 0. The molecule has 8 nitrogen and oxygen atoms in total. The molecule has 0 spiro atoms. The first kappa shape index (κ1) is 25.7. The average Bonchev–Trinajstić information content (AvgIpc) is 3.57. The molecular weight excluding hydrogens is 492 g/mol. The Morgan fingerprint density at radius 3 is 2.39 bits per heavy atom. The summed E-state index contributed by atoms with van der Waals surface area (Å²) in [5.41, 5.74) is 3.15. The molecule has 1 aliphatic heterocycles. The van der Waals surface area contributed by atoms with Crippen LogP contribution in [0.2, 0.25) is 0 Å². The van der Waals surface area contributed by atoms with Crippen LogP contribution >= 0.6 is 0 Å². The van der Waals surface area contributed by atoms with Crippen molar-refractivity contribution in [2.24, 2.45) is 0 Å². The Balaban J connectivity index is 0.00000304. The van der Waals surface area contributed by atoms with Crippen LogP contribution in [-0.2, 0) is 21.2 Å². The molecule has 0 radical (unpaired) electrons. The van der Waals surface area contributed by atoms with Crippen LogP contribution in [0, 0.1) is 13.8 Å². The Hall–Kier alpha value is -3.41. The van der Waals surface area contributed by atoms with Crippen LogP contribution in [-0.4, -0.2) is 33.9 Å². The van der Waals surface area contributed by atoms with E-state index in [9.17, 15) is 17.8 Å². The number of alkyl halides is 2. The van der Waals surface area contributed by atoms with Crippen molar-refractivity contribution < 1.29 is 32.7 Å². The maximum Gasteiger partial charge on any atom is 0.586 e. The van der Waals surface area contributed by atoms with Gasteiger partial charge in [0.25, 0.3) is 0 Å². The molecule has 11 heteroatoms. The fourth-order valence-corrected chi connectivity index (χ4v) is 4.97. The van der Waals surface area contributed by atoms with Crippen LogP contribution in [0.5, 0.6) is 11.5 Å². The second-order valence-electron chi connectivity index (χ2n) is 8.68. The minimum Gasteiger partial charge on any atom is -0.412 e. The number of carbonyl (C=O) groups is 1. The zero-order chi connectivity index (χ0) is 25.0. The third-order valence-electron chi connectivity index (χ3n) is 6.33. The number of ether oxygens (including phenoxy) is 2. The van der Waals surface area contributed by atoms with Gasteiger partial charge >= 0.3 is 6.29 Å². The van der Waals surface area contributed by atoms with E-state index in [1.54, 1.807) is 25.2 Å². The summed E-state index contributed by atoms with van der Waals surface area (Å²) in [7, 11) is 0.333. The predicted octanol–water partition coefficient (Wildman–Crippen LogP) is 3.77. The minimum atomic E-state index is -3.71. The van der Waals surface area contributed by atoms with Gasteiger partial charge in [0.05, 0.1) is 16.0 Å². The van der Waals surface area contributed by atoms with Gasteiger partial charge in [0.15, 0.2) is 11.5 Å². The molecule has 1 amide bonds. The lowest BCUT2D eigenvalue weighted by Crippen LogP contribution is -2.28. The average molecular weight is 518 g/mol. The first-order chi connectivity index (χ1) is 16.6. The first-order valence-electron chi connectivity index (χ1n) is 11.0. The van der Waals surface area contributed by atoms with Crippen LogP contribution in [0.4, 0.5) is 14.6 Å². The van der Waals surface area contributed by atoms with Gasteiger partial charge in [-0.25, -0.2) is 13.9 Å². The van der Waals surface area contributed by atoms with Crippen LogP contribution < -0.4 is 19.5 Å². The van der Waals surface area contributed by atoms with E-state index >= 15 is 0 Å². The van der Waals surface area contributed by atoms with Crippen molar-refractivity contribution in [1.82, 2.24) is 9.71 Å². The fourth-order valence-electron chi connectivity index (χ4n) is 4.26. The molecule has 2 heterocycles. The number of aromatic nitrogens is 1. The van der Waals surface area contributed by atoms with Crippen LogP contribution in [0.1, 0.15) is 29.5 Å². The normalized spacial score (nSPS) is 17.1. The third-order valence-corrected chi connectivity index (χ3v) is 7.38. The summed E-state index contributed by atoms with van der Waals surface area (Å²) < 4.78 is 50.6. The molecule has 1 fully saturated rings. The molecule has 1 unspecified atom stereocenters. The van der Waals surface area contributed by atoms with Crippen LogP contribution in [0.25, 0.3) is 11.3 Å². The zero-order valence-corrected chi connectivity index (χ0v) is 20.6. The van der Waals surface area contributed by atoms with E-state index in [0.29, 0.717) is 34.8 Å². The van der Waals surface area contributed by atoms with E-state index in [0.717, 1.165) is 16.7 Å². The molecule has 4 N–H and O–H groups in total. The maximum atomic E-state index is 13.4. The lowest BCUT2D eigenvalue weighted by molar-refractivity contribution is -0.286. The fraction of sp³-hybridized carbons (Fsp3) is 0.280. The molecule has 0 saturated heterocycles. The Bertz CT molecular complexity index is 1380. The number of anilines is 1. The lowest BCUT2D eigenvalue weighted by Gasteiger charge is -2.17. The summed E-state index contributed by atoms with van der Waals surface area (Å²) in [5.74, 6) is -0.0152. The van der Waals surface area contributed by atoms with Gasteiger partial charge in [-0.1, -0.05) is 18.2 Å². The van der Waals surface area contributed by atoms with E-state index in [1.807, 2.05) is 32.0 Å². The smallest absolute Gasteiger partial charge is 0.412 e. The van der Waals surface area contributed by atoms with Crippen LogP contribution in [0.3, 0.4) is 0 Å². The monoisotopic (exact) mass is 517 g/mol. The SMILES string of the molecule is CNS(=O)c1ccc(-c2nc(NC(=O)C3(c4ccc5c(c4)OC(F)(F)O5)CC3)ccc2C)c(C)c1.O. The molecule has 3 aromatic rings. The number of nitrogens with one attached hydrogen (secondary N) is 2. The van der Waals surface area contributed by atoms with E-state index < -0.39 is 22.7 Å². The highest BCUT2D eigenvalue weighted by Crippen LogP contribution is 2.52. The third kappa shape index (κ3) is 4.57.